The Balaban J connectivity index is 0.000000980. The number of aryl methyl sites for hydroxylation is 1. The maximum atomic E-state index is 4.30. The molecule has 0 N–H and O–H groups in total. The molecule has 1 aromatic carbocycles. The van der Waals surface area contributed by atoms with Gasteiger partial charge in [-0.15, -0.1) is 0 Å². The van der Waals surface area contributed by atoms with E-state index in [4.69, 9.17) is 0 Å². The topological polar surface area (TPSA) is 12.9 Å². The number of benzene rings is 1. The maximum Gasteiger partial charge on any atom is 0.0462 e. The molecular formula is C12H12NW-. The fraction of sp³-hybridized carbons (Fsp3) is 0.167. The molecule has 2 heteroatoms. The predicted octanol–water partition coefficient (Wildman–Crippen LogP) is 2.98. The van der Waals surface area contributed by atoms with Gasteiger partial charge in [-0.05, 0) is 18.1 Å². The number of rotatable bonds is 1. The van der Waals surface area contributed by atoms with Crippen LogP contribution in [0.15, 0.2) is 30.5 Å². The van der Waals surface area contributed by atoms with E-state index in [2.05, 4.69) is 31.0 Å². The Morgan fingerprint density at radius 1 is 1.29 bits per heavy atom. The van der Waals surface area contributed by atoms with Crippen LogP contribution in [-0.2, 0) is 27.5 Å². The van der Waals surface area contributed by atoms with Gasteiger partial charge >= 0.3 is 0 Å². The summed E-state index contributed by atoms with van der Waals surface area (Å²) in [6.07, 6.45) is 2.91. The van der Waals surface area contributed by atoms with Crippen LogP contribution in [0.4, 0.5) is 0 Å². The third-order valence-corrected chi connectivity index (χ3v) is 2.28. The fourth-order valence-electron chi connectivity index (χ4n) is 1.56. The maximum absolute atomic E-state index is 4.30. The second-order valence-corrected chi connectivity index (χ2v) is 3.18. The molecule has 0 bridgehead atoms. The van der Waals surface area contributed by atoms with Gasteiger partial charge < -0.3 is 0 Å². The Labute approximate surface area is 98.8 Å². The average molecular weight is 354 g/mol. The van der Waals surface area contributed by atoms with E-state index in [0.717, 1.165) is 17.5 Å². The zero-order valence-corrected chi connectivity index (χ0v) is 11.1. The van der Waals surface area contributed by atoms with Gasteiger partial charge in [0.1, 0.15) is 0 Å². The summed E-state index contributed by atoms with van der Waals surface area (Å²) in [6, 6.07) is 8.19. The smallest absolute Gasteiger partial charge is 0.0462 e. The van der Waals surface area contributed by atoms with Crippen LogP contribution < -0.4 is 0 Å². The molecule has 0 spiro atoms. The molecule has 14 heavy (non-hydrogen) atoms. The molecule has 0 fully saturated rings. The minimum Gasteiger partial charge on any atom is -0.258 e. The molecule has 0 aliphatic rings. The van der Waals surface area contributed by atoms with Crippen molar-refractivity contribution in [1.82, 2.24) is 4.98 Å². The number of nitrogens with zero attached hydrogens (tertiary/aromatic N) is 1. The van der Waals surface area contributed by atoms with E-state index in [1.54, 1.807) is 0 Å². The Hall–Kier alpha value is -0.812. The molecule has 0 amide bonds. The quantitative estimate of drug-likeness (QED) is 0.718. The summed E-state index contributed by atoms with van der Waals surface area (Å²) >= 11 is 0. The molecule has 0 saturated carbocycles. The minimum atomic E-state index is 0. The van der Waals surface area contributed by atoms with Crippen molar-refractivity contribution in [2.24, 2.45) is 0 Å². The fourth-order valence-corrected chi connectivity index (χ4v) is 1.56. The van der Waals surface area contributed by atoms with E-state index in [1.807, 2.05) is 18.3 Å². The average Bonchev–Trinajstić information content (AvgIpc) is 2.17. The van der Waals surface area contributed by atoms with E-state index in [1.165, 1.54) is 10.9 Å². The van der Waals surface area contributed by atoms with E-state index in [9.17, 15) is 0 Å². The molecule has 0 unspecified atom stereocenters. The second-order valence-electron chi connectivity index (χ2n) is 3.18. The van der Waals surface area contributed by atoms with Gasteiger partial charge in [0.15, 0.2) is 0 Å². The van der Waals surface area contributed by atoms with Crippen molar-refractivity contribution in [3.8, 4) is 0 Å². The normalized spacial score (nSPS) is 9.79. The standard InChI is InChI=1S/C12H12N.W/c1-3-10-6-7-13-12-5-4-9(2)8-11(10)12;/h4-8H,2-3H2,1H3;/q-1;. The van der Waals surface area contributed by atoms with Crippen LogP contribution in [0.2, 0.25) is 0 Å². The minimum absolute atomic E-state index is 0. The Kier molecular flexibility index (Phi) is 3.71. The summed E-state index contributed by atoms with van der Waals surface area (Å²) in [6.45, 7) is 6.08. The number of hydrogen-bond acceptors (Lipinski definition) is 1. The van der Waals surface area contributed by atoms with Gasteiger partial charge in [-0.25, -0.2) is 0 Å². The molecule has 0 aliphatic carbocycles. The third-order valence-electron chi connectivity index (χ3n) is 2.28. The zero-order valence-electron chi connectivity index (χ0n) is 8.16. The first-order chi connectivity index (χ1) is 6.31. The summed E-state index contributed by atoms with van der Waals surface area (Å²) in [4.78, 5) is 4.30. The van der Waals surface area contributed by atoms with Gasteiger partial charge in [-0.3, -0.25) is 4.98 Å². The van der Waals surface area contributed by atoms with Crippen molar-refractivity contribution >= 4 is 10.9 Å². The summed E-state index contributed by atoms with van der Waals surface area (Å²) in [5, 5.41) is 1.23. The Bertz CT molecular complexity index is 437. The molecule has 1 heterocycles. The van der Waals surface area contributed by atoms with Crippen LogP contribution in [0, 0.1) is 6.92 Å². The molecular weight excluding hydrogens is 342 g/mol. The number of hydrogen-bond donors (Lipinski definition) is 0. The predicted molar refractivity (Wildman–Crippen MR) is 55.6 cm³/mol. The summed E-state index contributed by atoms with van der Waals surface area (Å²) in [5.74, 6) is 0. The molecule has 1 nitrogen and oxygen atoms in total. The van der Waals surface area contributed by atoms with Crippen LogP contribution in [-0.4, -0.2) is 4.98 Å². The van der Waals surface area contributed by atoms with Crippen molar-refractivity contribution in [3.05, 3.63) is 48.5 Å². The third kappa shape index (κ3) is 1.98. The largest absolute Gasteiger partial charge is 0.258 e. The van der Waals surface area contributed by atoms with Gasteiger partial charge in [0.2, 0.25) is 0 Å². The molecule has 2 rings (SSSR count). The molecule has 1 aromatic heterocycles. The van der Waals surface area contributed by atoms with Gasteiger partial charge in [-0.1, -0.05) is 18.4 Å². The van der Waals surface area contributed by atoms with Crippen LogP contribution in [0.3, 0.4) is 0 Å². The second kappa shape index (κ2) is 4.61. The van der Waals surface area contributed by atoms with Crippen LogP contribution in [0.1, 0.15) is 18.1 Å². The first-order valence-electron chi connectivity index (χ1n) is 4.51. The number of pyridine rings is 1. The Morgan fingerprint density at radius 3 is 2.79 bits per heavy atom. The molecule has 72 valence electrons. The SMILES string of the molecule is [CH2-]c1ccc2nccc(CC)c2c1.[W]. The summed E-state index contributed by atoms with van der Waals surface area (Å²) < 4.78 is 0. The van der Waals surface area contributed by atoms with E-state index in [-0.39, 0.29) is 21.1 Å². The van der Waals surface area contributed by atoms with Crippen molar-refractivity contribution in [1.29, 1.82) is 0 Å². The molecule has 0 radical (unpaired) electrons. The zero-order chi connectivity index (χ0) is 9.26. The number of aromatic nitrogens is 1. The summed E-state index contributed by atoms with van der Waals surface area (Å²) in [5.41, 5.74) is 3.46. The Morgan fingerprint density at radius 2 is 2.07 bits per heavy atom. The van der Waals surface area contributed by atoms with Crippen molar-refractivity contribution < 1.29 is 21.1 Å². The van der Waals surface area contributed by atoms with Gasteiger partial charge in [0.25, 0.3) is 0 Å². The van der Waals surface area contributed by atoms with Crippen LogP contribution in [0.5, 0.6) is 0 Å². The number of fused-ring (bicyclic) bond motifs is 1. The van der Waals surface area contributed by atoms with Gasteiger partial charge in [0, 0.05) is 32.8 Å². The molecule has 0 atom stereocenters. The first-order valence-corrected chi connectivity index (χ1v) is 4.51. The first kappa shape index (κ1) is 11.3. The summed E-state index contributed by atoms with van der Waals surface area (Å²) in [7, 11) is 0. The van der Waals surface area contributed by atoms with Crippen molar-refractivity contribution in [2.75, 3.05) is 0 Å². The van der Waals surface area contributed by atoms with Crippen LogP contribution in [0.25, 0.3) is 10.9 Å². The van der Waals surface area contributed by atoms with Crippen LogP contribution >= 0.6 is 0 Å². The monoisotopic (exact) mass is 354 g/mol. The van der Waals surface area contributed by atoms with Gasteiger partial charge in [0.05, 0.1) is 0 Å². The van der Waals surface area contributed by atoms with E-state index < -0.39 is 0 Å². The van der Waals surface area contributed by atoms with Crippen molar-refractivity contribution in [3.63, 3.8) is 0 Å². The van der Waals surface area contributed by atoms with Gasteiger partial charge in [-0.2, -0.15) is 24.6 Å². The molecule has 2 aromatic rings. The van der Waals surface area contributed by atoms with Crippen molar-refractivity contribution in [2.45, 2.75) is 13.3 Å². The van der Waals surface area contributed by atoms with E-state index in [0.29, 0.717) is 0 Å². The molecule has 0 aliphatic heterocycles. The van der Waals surface area contributed by atoms with E-state index >= 15 is 0 Å². The molecule has 0 saturated heterocycles.